The van der Waals surface area contributed by atoms with Crippen molar-refractivity contribution in [2.45, 2.75) is 19.9 Å². The van der Waals surface area contributed by atoms with Crippen LogP contribution in [-0.2, 0) is 0 Å². The van der Waals surface area contributed by atoms with Gasteiger partial charge in [0.15, 0.2) is 16.2 Å². The Bertz CT molecular complexity index is 568. The highest BCUT2D eigenvalue weighted by Gasteiger charge is 2.11. The van der Waals surface area contributed by atoms with Crippen molar-refractivity contribution in [2.24, 2.45) is 0 Å². The van der Waals surface area contributed by atoms with Gasteiger partial charge in [0.2, 0.25) is 0 Å². The van der Waals surface area contributed by atoms with Crippen LogP contribution in [0.3, 0.4) is 0 Å². The van der Waals surface area contributed by atoms with E-state index in [2.05, 4.69) is 21.2 Å². The summed E-state index contributed by atoms with van der Waals surface area (Å²) in [4.78, 5) is 0. The molecule has 108 valence electrons. The van der Waals surface area contributed by atoms with E-state index >= 15 is 0 Å². The molecule has 0 spiro atoms. The number of rotatable bonds is 6. The lowest BCUT2D eigenvalue weighted by molar-refractivity contribution is 0.311. The average Bonchev–Trinajstić information content (AvgIpc) is 2.86. The van der Waals surface area contributed by atoms with E-state index in [-0.39, 0.29) is 6.04 Å². The molecule has 0 amide bonds. The van der Waals surface area contributed by atoms with E-state index in [0.29, 0.717) is 6.61 Å². The minimum absolute atomic E-state index is 0.0594. The van der Waals surface area contributed by atoms with E-state index in [9.17, 15) is 0 Å². The molecule has 2 aromatic rings. The van der Waals surface area contributed by atoms with E-state index in [4.69, 9.17) is 13.9 Å². The zero-order valence-corrected chi connectivity index (χ0v) is 13.4. The van der Waals surface area contributed by atoms with Crippen molar-refractivity contribution >= 4 is 21.6 Å². The predicted octanol–water partition coefficient (Wildman–Crippen LogP) is 4.62. The van der Waals surface area contributed by atoms with Crippen molar-refractivity contribution in [1.82, 2.24) is 0 Å². The summed E-state index contributed by atoms with van der Waals surface area (Å²) >= 11 is 3.31. The Morgan fingerprint density at radius 2 is 2.05 bits per heavy atom. The first-order valence-corrected chi connectivity index (χ1v) is 7.26. The summed E-state index contributed by atoms with van der Waals surface area (Å²) in [5.41, 5.74) is 0.953. The maximum atomic E-state index is 5.56. The number of anilines is 1. The molecule has 0 fully saturated rings. The molecule has 0 saturated heterocycles. The number of methoxy groups -OCH3 is 1. The van der Waals surface area contributed by atoms with Crippen LogP contribution in [0.15, 0.2) is 39.4 Å². The average molecular weight is 340 g/mol. The molecular formula is C15H18BrNO3. The summed E-state index contributed by atoms with van der Waals surface area (Å²) in [5.74, 6) is 2.32. The zero-order valence-electron chi connectivity index (χ0n) is 11.8. The lowest BCUT2D eigenvalue weighted by atomic mass is 10.2. The number of benzene rings is 1. The van der Waals surface area contributed by atoms with Gasteiger partial charge in [-0.05, 0) is 54.0 Å². The van der Waals surface area contributed by atoms with E-state index in [1.54, 1.807) is 7.11 Å². The zero-order chi connectivity index (χ0) is 14.5. The van der Waals surface area contributed by atoms with Gasteiger partial charge in [0.1, 0.15) is 5.76 Å². The van der Waals surface area contributed by atoms with E-state index in [1.165, 1.54) is 0 Å². The monoisotopic (exact) mass is 339 g/mol. The molecule has 5 heteroatoms. The van der Waals surface area contributed by atoms with Gasteiger partial charge in [-0.15, -0.1) is 0 Å². The van der Waals surface area contributed by atoms with E-state index in [1.807, 2.05) is 44.2 Å². The first-order chi connectivity index (χ1) is 9.63. The predicted molar refractivity (Wildman–Crippen MR) is 82.6 cm³/mol. The normalized spacial score (nSPS) is 12.0. The molecule has 0 radical (unpaired) electrons. The highest BCUT2D eigenvalue weighted by atomic mass is 79.9. The van der Waals surface area contributed by atoms with Gasteiger partial charge >= 0.3 is 0 Å². The quantitative estimate of drug-likeness (QED) is 0.833. The number of nitrogens with one attached hydrogen (secondary N) is 1. The maximum absolute atomic E-state index is 5.56. The van der Waals surface area contributed by atoms with Crippen molar-refractivity contribution < 1.29 is 13.9 Å². The number of ether oxygens (including phenoxy) is 2. The van der Waals surface area contributed by atoms with Gasteiger partial charge in [-0.25, -0.2) is 0 Å². The Labute approximate surface area is 127 Å². The second-order valence-electron chi connectivity index (χ2n) is 4.31. The van der Waals surface area contributed by atoms with Gasteiger partial charge in [-0.3, -0.25) is 0 Å². The van der Waals surface area contributed by atoms with Gasteiger partial charge in [0.05, 0.1) is 19.8 Å². The van der Waals surface area contributed by atoms with E-state index < -0.39 is 0 Å². The SMILES string of the molecule is CCOc1cc(NC(C)c2ccc(Br)o2)ccc1OC. The molecule has 1 aromatic carbocycles. The number of hydrogen-bond donors (Lipinski definition) is 1. The van der Waals surface area contributed by atoms with Crippen molar-refractivity contribution in [2.75, 3.05) is 19.0 Å². The van der Waals surface area contributed by atoms with Crippen LogP contribution in [0.1, 0.15) is 25.6 Å². The Kier molecular flexibility index (Phi) is 4.95. The smallest absolute Gasteiger partial charge is 0.169 e. The third-order valence-corrected chi connectivity index (χ3v) is 3.29. The van der Waals surface area contributed by atoms with Gasteiger partial charge in [0.25, 0.3) is 0 Å². The van der Waals surface area contributed by atoms with Crippen LogP contribution in [0.4, 0.5) is 5.69 Å². The largest absolute Gasteiger partial charge is 0.493 e. The van der Waals surface area contributed by atoms with Crippen LogP contribution in [0, 0.1) is 0 Å². The molecule has 4 nitrogen and oxygen atoms in total. The lowest BCUT2D eigenvalue weighted by Crippen LogP contribution is -2.06. The second-order valence-corrected chi connectivity index (χ2v) is 5.09. The van der Waals surface area contributed by atoms with Crippen LogP contribution in [-0.4, -0.2) is 13.7 Å². The van der Waals surface area contributed by atoms with Crippen LogP contribution in [0.2, 0.25) is 0 Å². The fourth-order valence-corrected chi connectivity index (χ4v) is 2.24. The lowest BCUT2D eigenvalue weighted by Gasteiger charge is -2.15. The minimum atomic E-state index is 0.0594. The number of halogens is 1. The topological polar surface area (TPSA) is 43.6 Å². The fourth-order valence-electron chi connectivity index (χ4n) is 1.92. The Morgan fingerprint density at radius 3 is 2.65 bits per heavy atom. The first kappa shape index (κ1) is 14.8. The fraction of sp³-hybridized carbons (Fsp3) is 0.333. The first-order valence-electron chi connectivity index (χ1n) is 6.46. The van der Waals surface area contributed by atoms with Crippen molar-refractivity contribution in [3.63, 3.8) is 0 Å². The molecule has 1 atom stereocenters. The van der Waals surface area contributed by atoms with Gasteiger partial charge < -0.3 is 19.2 Å². The maximum Gasteiger partial charge on any atom is 0.169 e. The molecule has 1 heterocycles. The molecule has 1 unspecified atom stereocenters. The second kappa shape index (κ2) is 6.70. The summed E-state index contributed by atoms with van der Waals surface area (Å²) < 4.78 is 17.1. The molecule has 0 aliphatic heterocycles. The van der Waals surface area contributed by atoms with Gasteiger partial charge in [-0.2, -0.15) is 0 Å². The molecule has 0 aliphatic carbocycles. The van der Waals surface area contributed by atoms with Crippen molar-refractivity contribution in [3.05, 3.63) is 40.8 Å². The highest BCUT2D eigenvalue weighted by molar-refractivity contribution is 9.10. The number of furan rings is 1. The Hall–Kier alpha value is -1.62. The molecule has 1 N–H and O–H groups in total. The molecule has 0 bridgehead atoms. The minimum Gasteiger partial charge on any atom is -0.493 e. The standard InChI is InChI=1S/C15H18BrNO3/c1-4-19-14-9-11(5-6-13(14)18-3)17-10(2)12-7-8-15(16)20-12/h5-10,17H,4H2,1-3H3. The molecule has 0 aliphatic rings. The summed E-state index contributed by atoms with van der Waals surface area (Å²) in [5, 5.41) is 3.37. The Balaban J connectivity index is 2.14. The Morgan fingerprint density at radius 1 is 1.25 bits per heavy atom. The van der Waals surface area contributed by atoms with Crippen LogP contribution in [0.25, 0.3) is 0 Å². The molecule has 20 heavy (non-hydrogen) atoms. The molecule has 1 aromatic heterocycles. The van der Waals surface area contributed by atoms with Crippen LogP contribution < -0.4 is 14.8 Å². The number of hydrogen-bond acceptors (Lipinski definition) is 4. The summed E-state index contributed by atoms with van der Waals surface area (Å²) in [6.07, 6.45) is 0. The van der Waals surface area contributed by atoms with Crippen LogP contribution >= 0.6 is 15.9 Å². The summed E-state index contributed by atoms with van der Waals surface area (Å²) in [6, 6.07) is 9.65. The molecule has 0 saturated carbocycles. The van der Waals surface area contributed by atoms with Crippen molar-refractivity contribution in [1.29, 1.82) is 0 Å². The third kappa shape index (κ3) is 3.48. The van der Waals surface area contributed by atoms with E-state index in [0.717, 1.165) is 27.6 Å². The summed E-state index contributed by atoms with van der Waals surface area (Å²) in [7, 11) is 1.63. The van der Waals surface area contributed by atoms with Gasteiger partial charge in [0, 0.05) is 11.8 Å². The molecular weight excluding hydrogens is 322 g/mol. The van der Waals surface area contributed by atoms with Crippen LogP contribution in [0.5, 0.6) is 11.5 Å². The highest BCUT2D eigenvalue weighted by Crippen LogP contribution is 2.32. The molecule has 2 rings (SSSR count). The van der Waals surface area contributed by atoms with Gasteiger partial charge in [-0.1, -0.05) is 0 Å². The summed E-state index contributed by atoms with van der Waals surface area (Å²) in [6.45, 7) is 4.58. The van der Waals surface area contributed by atoms with Crippen molar-refractivity contribution in [3.8, 4) is 11.5 Å². The third-order valence-electron chi connectivity index (χ3n) is 2.87.